The standard InChI is InChI=1S/C27H33N5O2S/c1-3-27(34,20-8-6-18(7-9-20)25(28)33)26-30-15-22(35-26)21-12-16(2)13-24(31-21)32-23-14-19(10-11-29-23)17-4-5-17/h10-15,17-18,20,34H,3-9H2,1-2H3,(H2,28,33)(H,29,31,32)/t18?,20?,27-/m1/s1. The fourth-order valence-electron chi connectivity index (χ4n) is 5.24. The first-order valence-corrected chi connectivity index (χ1v) is 13.4. The molecule has 2 fully saturated rings. The molecule has 0 saturated heterocycles. The van der Waals surface area contributed by atoms with E-state index in [1.807, 2.05) is 38.4 Å². The summed E-state index contributed by atoms with van der Waals surface area (Å²) in [7, 11) is 0. The highest BCUT2D eigenvalue weighted by Gasteiger charge is 2.42. The molecular weight excluding hydrogens is 458 g/mol. The Bertz CT molecular complexity index is 1220. The SMILES string of the molecule is CC[C@](O)(c1ncc(-c2cc(C)cc(Nc3cc(C4CC4)ccn3)n2)s1)C1CCC(C(N)=O)CC1. The second-order valence-electron chi connectivity index (χ2n) is 10.0. The number of nitrogens with zero attached hydrogens (tertiary/aromatic N) is 3. The molecular formula is C27H33N5O2S. The molecule has 35 heavy (non-hydrogen) atoms. The van der Waals surface area contributed by atoms with Gasteiger partial charge in [-0.1, -0.05) is 6.92 Å². The maximum Gasteiger partial charge on any atom is 0.220 e. The Balaban J connectivity index is 1.36. The number of aryl methyl sites for hydroxylation is 1. The number of aliphatic hydroxyl groups is 1. The van der Waals surface area contributed by atoms with Crippen molar-refractivity contribution in [3.05, 3.63) is 52.8 Å². The van der Waals surface area contributed by atoms with Crippen molar-refractivity contribution in [2.24, 2.45) is 17.6 Å². The fraction of sp³-hybridized carbons (Fsp3) is 0.481. The minimum Gasteiger partial charge on any atom is -0.382 e. The molecule has 184 valence electrons. The zero-order valence-electron chi connectivity index (χ0n) is 20.3. The molecule has 3 aromatic rings. The van der Waals surface area contributed by atoms with Gasteiger partial charge in [-0.05, 0) is 99.1 Å². The van der Waals surface area contributed by atoms with Crippen molar-refractivity contribution in [3.8, 4) is 10.6 Å². The van der Waals surface area contributed by atoms with E-state index in [9.17, 15) is 9.90 Å². The average molecular weight is 492 g/mol. The molecule has 1 atom stereocenters. The lowest BCUT2D eigenvalue weighted by molar-refractivity contribution is -0.124. The lowest BCUT2D eigenvalue weighted by Crippen LogP contribution is -2.38. The third kappa shape index (κ3) is 5.09. The summed E-state index contributed by atoms with van der Waals surface area (Å²) in [5.41, 5.74) is 7.73. The molecule has 3 aromatic heterocycles. The first kappa shape index (κ1) is 23.9. The van der Waals surface area contributed by atoms with Crippen LogP contribution in [0.5, 0.6) is 0 Å². The predicted octanol–water partition coefficient (Wildman–Crippen LogP) is 5.42. The Morgan fingerprint density at radius 1 is 1.14 bits per heavy atom. The number of thiazole rings is 1. The number of amides is 1. The fourth-order valence-corrected chi connectivity index (χ4v) is 6.35. The molecule has 0 aliphatic heterocycles. The van der Waals surface area contributed by atoms with Crippen LogP contribution in [0.3, 0.4) is 0 Å². The number of primary amides is 1. The van der Waals surface area contributed by atoms with Crippen molar-refractivity contribution in [2.45, 2.75) is 70.3 Å². The number of rotatable bonds is 8. The van der Waals surface area contributed by atoms with E-state index in [1.54, 1.807) is 0 Å². The molecule has 0 radical (unpaired) electrons. The van der Waals surface area contributed by atoms with E-state index < -0.39 is 5.60 Å². The van der Waals surface area contributed by atoms with Gasteiger partial charge < -0.3 is 16.2 Å². The third-order valence-corrected chi connectivity index (χ3v) is 8.72. The third-order valence-electron chi connectivity index (χ3n) is 7.53. The maximum absolute atomic E-state index is 11.7. The van der Waals surface area contributed by atoms with Crippen molar-refractivity contribution in [3.63, 3.8) is 0 Å². The summed E-state index contributed by atoms with van der Waals surface area (Å²) in [6.45, 7) is 4.04. The number of pyridine rings is 2. The van der Waals surface area contributed by atoms with E-state index >= 15 is 0 Å². The van der Waals surface area contributed by atoms with Gasteiger partial charge >= 0.3 is 0 Å². The van der Waals surface area contributed by atoms with Gasteiger partial charge in [-0.3, -0.25) is 4.79 Å². The van der Waals surface area contributed by atoms with Crippen molar-refractivity contribution in [1.82, 2.24) is 15.0 Å². The number of hydrogen-bond donors (Lipinski definition) is 3. The Morgan fingerprint density at radius 2 is 1.91 bits per heavy atom. The van der Waals surface area contributed by atoms with Crippen LogP contribution in [-0.4, -0.2) is 26.0 Å². The molecule has 2 saturated carbocycles. The number of aromatic nitrogens is 3. The molecule has 4 N–H and O–H groups in total. The van der Waals surface area contributed by atoms with E-state index in [2.05, 4.69) is 27.4 Å². The molecule has 1 amide bonds. The number of nitrogens with one attached hydrogen (secondary N) is 1. The van der Waals surface area contributed by atoms with Gasteiger partial charge in [-0.25, -0.2) is 15.0 Å². The van der Waals surface area contributed by atoms with E-state index in [1.165, 1.54) is 29.7 Å². The molecule has 7 nitrogen and oxygen atoms in total. The number of carbonyl (C=O) groups is 1. The Labute approximate surface area is 210 Å². The lowest BCUT2D eigenvalue weighted by atomic mass is 9.72. The van der Waals surface area contributed by atoms with Crippen molar-refractivity contribution >= 4 is 28.9 Å². The monoisotopic (exact) mass is 491 g/mol. The molecule has 3 heterocycles. The van der Waals surface area contributed by atoms with Crippen LogP contribution in [0.25, 0.3) is 10.6 Å². The first-order valence-electron chi connectivity index (χ1n) is 12.6. The van der Waals surface area contributed by atoms with Crippen molar-refractivity contribution in [2.75, 3.05) is 5.32 Å². The highest BCUT2D eigenvalue weighted by Crippen LogP contribution is 2.45. The molecule has 8 heteroatoms. The molecule has 0 bridgehead atoms. The zero-order valence-corrected chi connectivity index (χ0v) is 21.1. The van der Waals surface area contributed by atoms with Crippen LogP contribution in [-0.2, 0) is 10.4 Å². The van der Waals surface area contributed by atoms with Gasteiger partial charge in [0.15, 0.2) is 0 Å². The van der Waals surface area contributed by atoms with Gasteiger partial charge in [0.05, 0.1) is 10.6 Å². The van der Waals surface area contributed by atoms with Gasteiger partial charge in [-0.15, -0.1) is 11.3 Å². The second-order valence-corrected chi connectivity index (χ2v) is 11.1. The number of hydrogen-bond acceptors (Lipinski definition) is 7. The highest BCUT2D eigenvalue weighted by atomic mass is 32.1. The predicted molar refractivity (Wildman–Crippen MR) is 138 cm³/mol. The first-order chi connectivity index (χ1) is 16.9. The molecule has 2 aliphatic rings. The molecule has 2 aliphatic carbocycles. The van der Waals surface area contributed by atoms with Gasteiger partial charge in [0.1, 0.15) is 22.2 Å². The van der Waals surface area contributed by atoms with Gasteiger partial charge in [0.25, 0.3) is 0 Å². The summed E-state index contributed by atoms with van der Waals surface area (Å²) in [5, 5.41) is 15.8. The van der Waals surface area contributed by atoms with Crippen LogP contribution in [0, 0.1) is 18.8 Å². The van der Waals surface area contributed by atoms with E-state index in [-0.39, 0.29) is 17.7 Å². The normalized spacial score (nSPS) is 21.9. The van der Waals surface area contributed by atoms with Crippen molar-refractivity contribution < 1.29 is 9.90 Å². The van der Waals surface area contributed by atoms with E-state index in [4.69, 9.17) is 10.7 Å². The summed E-state index contributed by atoms with van der Waals surface area (Å²) in [4.78, 5) is 26.4. The molecule has 0 aromatic carbocycles. The topological polar surface area (TPSA) is 114 Å². The number of anilines is 2. The van der Waals surface area contributed by atoms with Crippen LogP contribution in [0.1, 0.15) is 73.9 Å². The Hall–Kier alpha value is -2.84. The Kier molecular flexibility index (Phi) is 6.59. The smallest absolute Gasteiger partial charge is 0.220 e. The quantitative estimate of drug-likeness (QED) is 0.388. The van der Waals surface area contributed by atoms with Crippen LogP contribution < -0.4 is 11.1 Å². The molecule has 0 spiro atoms. The minimum absolute atomic E-state index is 0.0645. The van der Waals surface area contributed by atoms with Crippen molar-refractivity contribution in [1.29, 1.82) is 0 Å². The summed E-state index contributed by atoms with van der Waals surface area (Å²) >= 11 is 1.50. The average Bonchev–Trinajstić information content (AvgIpc) is 3.59. The highest BCUT2D eigenvalue weighted by molar-refractivity contribution is 7.15. The van der Waals surface area contributed by atoms with Gasteiger partial charge in [0, 0.05) is 18.3 Å². The second kappa shape index (κ2) is 9.66. The summed E-state index contributed by atoms with van der Waals surface area (Å²) in [6, 6.07) is 8.25. The van der Waals surface area contributed by atoms with Crippen LogP contribution in [0.4, 0.5) is 11.6 Å². The minimum atomic E-state index is -1.01. The van der Waals surface area contributed by atoms with Crippen LogP contribution >= 0.6 is 11.3 Å². The number of carbonyl (C=O) groups excluding carboxylic acids is 1. The Morgan fingerprint density at radius 3 is 2.60 bits per heavy atom. The van der Waals surface area contributed by atoms with E-state index in [0.717, 1.165) is 53.5 Å². The zero-order chi connectivity index (χ0) is 24.6. The summed E-state index contributed by atoms with van der Waals surface area (Å²) in [6.07, 6.45) is 9.74. The van der Waals surface area contributed by atoms with Crippen LogP contribution in [0.15, 0.2) is 36.7 Å². The lowest BCUT2D eigenvalue weighted by Gasteiger charge is -2.38. The largest absolute Gasteiger partial charge is 0.382 e. The van der Waals surface area contributed by atoms with E-state index in [0.29, 0.717) is 17.3 Å². The van der Waals surface area contributed by atoms with Gasteiger partial charge in [-0.2, -0.15) is 0 Å². The number of nitrogens with two attached hydrogens (primary N) is 1. The molecule has 0 unspecified atom stereocenters. The maximum atomic E-state index is 11.7. The molecule has 5 rings (SSSR count). The van der Waals surface area contributed by atoms with Gasteiger partial charge in [0.2, 0.25) is 5.91 Å². The summed E-state index contributed by atoms with van der Waals surface area (Å²) < 4.78 is 0. The summed E-state index contributed by atoms with van der Waals surface area (Å²) in [5.74, 6) is 1.96. The van der Waals surface area contributed by atoms with Crippen LogP contribution in [0.2, 0.25) is 0 Å².